The number of benzene rings is 1. The normalized spacial score (nSPS) is 10.7. The monoisotopic (exact) mass is 337 g/mol. The molecule has 0 radical (unpaired) electrons. The van der Waals surface area contributed by atoms with Gasteiger partial charge in [-0.05, 0) is 35.0 Å². The van der Waals surface area contributed by atoms with Gasteiger partial charge in [-0.15, -0.1) is 13.2 Å². The van der Waals surface area contributed by atoms with E-state index in [0.717, 1.165) is 6.07 Å². The summed E-state index contributed by atoms with van der Waals surface area (Å²) in [6, 6.07) is 3.75. The predicted molar refractivity (Wildman–Crippen MR) is 61.5 cm³/mol. The number of nitriles is 1. The maximum Gasteiger partial charge on any atom is 0.573 e. The van der Waals surface area contributed by atoms with Gasteiger partial charge < -0.3 is 9.47 Å². The molecule has 8 heteroatoms. The molecule has 0 aliphatic rings. The molecule has 0 fully saturated rings. The highest BCUT2D eigenvalue weighted by Gasteiger charge is 2.34. The van der Waals surface area contributed by atoms with Crippen LogP contribution < -0.4 is 4.74 Å². The van der Waals surface area contributed by atoms with Crippen LogP contribution in [0.2, 0.25) is 0 Å². The molecule has 0 atom stereocenters. The van der Waals surface area contributed by atoms with E-state index in [1.807, 2.05) is 0 Å². The van der Waals surface area contributed by atoms with Gasteiger partial charge in [-0.1, -0.05) is 0 Å². The Balaban J connectivity index is 3.39. The molecule has 4 nitrogen and oxygen atoms in total. The molecule has 1 aromatic carbocycles. The standard InChI is InChI=1S/C11H7BrF3NO3/c1-2-18-10(17)9-6(5-16)7(12)3-4-8(9)19-11(13,14)15/h3-4H,2H2,1H3. The Kier molecular flexibility index (Phi) is 4.78. The Bertz CT molecular complexity index is 537. The summed E-state index contributed by atoms with van der Waals surface area (Å²) in [4.78, 5) is 11.6. The van der Waals surface area contributed by atoms with Gasteiger partial charge in [0.25, 0.3) is 0 Å². The van der Waals surface area contributed by atoms with Gasteiger partial charge in [0.15, 0.2) is 0 Å². The minimum absolute atomic E-state index is 0.0400. The number of hydrogen-bond acceptors (Lipinski definition) is 4. The molecule has 0 aliphatic heterocycles. The molecule has 0 aromatic heterocycles. The van der Waals surface area contributed by atoms with Crippen LogP contribution in [0.4, 0.5) is 13.2 Å². The highest BCUT2D eigenvalue weighted by Crippen LogP contribution is 2.32. The molecule has 0 bridgehead atoms. The molecule has 0 N–H and O–H groups in total. The van der Waals surface area contributed by atoms with Crippen molar-refractivity contribution in [3.63, 3.8) is 0 Å². The van der Waals surface area contributed by atoms with Crippen molar-refractivity contribution in [1.82, 2.24) is 0 Å². The van der Waals surface area contributed by atoms with Crippen molar-refractivity contribution in [3.05, 3.63) is 27.7 Å². The number of rotatable bonds is 3. The SMILES string of the molecule is CCOC(=O)c1c(OC(F)(F)F)ccc(Br)c1C#N. The van der Waals surface area contributed by atoms with Gasteiger partial charge >= 0.3 is 12.3 Å². The molecule has 0 heterocycles. The summed E-state index contributed by atoms with van der Waals surface area (Å²) in [6.07, 6.45) is -4.97. The van der Waals surface area contributed by atoms with Crippen LogP contribution in [0.15, 0.2) is 16.6 Å². The maximum atomic E-state index is 12.2. The van der Waals surface area contributed by atoms with E-state index >= 15 is 0 Å². The number of alkyl halides is 3. The Morgan fingerprint density at radius 2 is 2.11 bits per heavy atom. The molecule has 1 aromatic rings. The third-order valence-corrected chi connectivity index (χ3v) is 2.59. The summed E-state index contributed by atoms with van der Waals surface area (Å²) in [7, 11) is 0. The van der Waals surface area contributed by atoms with Crippen molar-refractivity contribution >= 4 is 21.9 Å². The van der Waals surface area contributed by atoms with E-state index in [2.05, 4.69) is 25.4 Å². The van der Waals surface area contributed by atoms with Crippen molar-refractivity contribution < 1.29 is 27.4 Å². The molecule has 0 saturated heterocycles. The summed E-state index contributed by atoms with van der Waals surface area (Å²) in [5, 5.41) is 8.91. The maximum absolute atomic E-state index is 12.2. The molecule has 0 saturated carbocycles. The smallest absolute Gasteiger partial charge is 0.462 e. The fraction of sp³-hybridized carbons (Fsp3) is 0.273. The van der Waals surface area contributed by atoms with Crippen molar-refractivity contribution in [2.45, 2.75) is 13.3 Å². The van der Waals surface area contributed by atoms with E-state index in [9.17, 15) is 18.0 Å². The van der Waals surface area contributed by atoms with Crippen molar-refractivity contribution in [1.29, 1.82) is 5.26 Å². The second kappa shape index (κ2) is 5.93. The highest BCUT2D eigenvalue weighted by atomic mass is 79.9. The first kappa shape index (κ1) is 15.3. The van der Waals surface area contributed by atoms with Crippen molar-refractivity contribution in [2.75, 3.05) is 6.61 Å². The Morgan fingerprint density at radius 1 is 1.47 bits per heavy atom. The van der Waals surface area contributed by atoms with E-state index in [4.69, 9.17) is 5.26 Å². The molecular formula is C11H7BrF3NO3. The average Bonchev–Trinajstić information content (AvgIpc) is 2.29. The third-order valence-electron chi connectivity index (χ3n) is 1.93. The molecule has 0 amide bonds. The van der Waals surface area contributed by atoms with E-state index in [1.165, 1.54) is 13.0 Å². The summed E-state index contributed by atoms with van der Waals surface area (Å²) in [5.41, 5.74) is -0.837. The lowest BCUT2D eigenvalue weighted by Gasteiger charge is -2.14. The van der Waals surface area contributed by atoms with Gasteiger partial charge in [0, 0.05) is 4.47 Å². The summed E-state index contributed by atoms with van der Waals surface area (Å²) in [5.74, 6) is -1.83. The van der Waals surface area contributed by atoms with Gasteiger partial charge in [-0.2, -0.15) is 5.26 Å². The Morgan fingerprint density at radius 3 is 2.58 bits per heavy atom. The fourth-order valence-corrected chi connectivity index (χ4v) is 1.70. The van der Waals surface area contributed by atoms with Gasteiger partial charge in [0.2, 0.25) is 0 Å². The van der Waals surface area contributed by atoms with Gasteiger partial charge in [0.1, 0.15) is 17.4 Å². The fourth-order valence-electron chi connectivity index (χ4n) is 1.28. The number of nitrogens with zero attached hydrogens (tertiary/aromatic N) is 1. The number of esters is 1. The van der Waals surface area contributed by atoms with Gasteiger partial charge in [0.05, 0.1) is 12.2 Å². The minimum atomic E-state index is -4.97. The lowest BCUT2D eigenvalue weighted by Crippen LogP contribution is -2.20. The predicted octanol–water partition coefficient (Wildman–Crippen LogP) is 3.40. The summed E-state index contributed by atoms with van der Waals surface area (Å²) < 4.78 is 45.2. The van der Waals surface area contributed by atoms with Crippen LogP contribution in [0, 0.1) is 11.3 Å². The van der Waals surface area contributed by atoms with Crippen LogP contribution in [0.1, 0.15) is 22.8 Å². The van der Waals surface area contributed by atoms with Gasteiger partial charge in [-0.25, -0.2) is 4.79 Å². The number of ether oxygens (including phenoxy) is 2. The number of hydrogen-bond donors (Lipinski definition) is 0. The number of carbonyl (C=O) groups excluding carboxylic acids is 1. The second-order valence-electron chi connectivity index (χ2n) is 3.18. The second-order valence-corrected chi connectivity index (χ2v) is 4.03. The molecule has 1 rings (SSSR count). The molecule has 0 aliphatic carbocycles. The molecule has 0 spiro atoms. The third kappa shape index (κ3) is 3.86. The minimum Gasteiger partial charge on any atom is -0.462 e. The molecular weight excluding hydrogens is 331 g/mol. The van der Waals surface area contributed by atoms with Crippen molar-refractivity contribution in [2.24, 2.45) is 0 Å². The van der Waals surface area contributed by atoms with Crippen LogP contribution in [0.3, 0.4) is 0 Å². The highest BCUT2D eigenvalue weighted by molar-refractivity contribution is 9.10. The zero-order valence-electron chi connectivity index (χ0n) is 9.55. The van der Waals surface area contributed by atoms with Crippen LogP contribution in [0.25, 0.3) is 0 Å². The van der Waals surface area contributed by atoms with Crippen LogP contribution in [0.5, 0.6) is 5.75 Å². The molecule has 19 heavy (non-hydrogen) atoms. The number of halogens is 4. The van der Waals surface area contributed by atoms with E-state index in [1.54, 1.807) is 6.07 Å². The molecule has 102 valence electrons. The summed E-state index contributed by atoms with van der Waals surface area (Å²) >= 11 is 2.97. The zero-order chi connectivity index (χ0) is 14.6. The Hall–Kier alpha value is -1.75. The van der Waals surface area contributed by atoms with Gasteiger partial charge in [-0.3, -0.25) is 0 Å². The van der Waals surface area contributed by atoms with E-state index in [0.29, 0.717) is 0 Å². The molecule has 0 unspecified atom stereocenters. The first-order chi connectivity index (χ1) is 8.80. The lowest BCUT2D eigenvalue weighted by molar-refractivity contribution is -0.274. The number of carbonyl (C=O) groups is 1. The van der Waals surface area contributed by atoms with E-state index in [-0.39, 0.29) is 16.6 Å². The summed E-state index contributed by atoms with van der Waals surface area (Å²) in [6.45, 7) is 1.45. The Labute approximate surface area is 114 Å². The lowest BCUT2D eigenvalue weighted by atomic mass is 10.1. The zero-order valence-corrected chi connectivity index (χ0v) is 11.1. The topological polar surface area (TPSA) is 59.3 Å². The van der Waals surface area contributed by atoms with Crippen molar-refractivity contribution in [3.8, 4) is 11.8 Å². The first-order valence-electron chi connectivity index (χ1n) is 4.95. The average molecular weight is 338 g/mol. The largest absolute Gasteiger partial charge is 0.573 e. The van der Waals surface area contributed by atoms with E-state index < -0.39 is 23.6 Å². The first-order valence-corrected chi connectivity index (χ1v) is 5.75. The van der Waals surface area contributed by atoms with Crippen LogP contribution in [-0.4, -0.2) is 18.9 Å². The van der Waals surface area contributed by atoms with Crippen LogP contribution >= 0.6 is 15.9 Å². The van der Waals surface area contributed by atoms with Crippen LogP contribution in [-0.2, 0) is 4.74 Å². The quantitative estimate of drug-likeness (QED) is 0.793.